The van der Waals surface area contributed by atoms with Crippen molar-refractivity contribution in [3.8, 4) is 17.1 Å². The zero-order valence-corrected chi connectivity index (χ0v) is 17.0. The Labute approximate surface area is 172 Å². The van der Waals surface area contributed by atoms with E-state index in [2.05, 4.69) is 9.88 Å². The minimum atomic E-state index is 0.00221. The largest absolute Gasteiger partial charge is 0.497 e. The van der Waals surface area contributed by atoms with Gasteiger partial charge in [-0.2, -0.15) is 0 Å². The second-order valence-electron chi connectivity index (χ2n) is 6.81. The van der Waals surface area contributed by atoms with Crippen LogP contribution in [0.25, 0.3) is 11.4 Å². The molecule has 0 aliphatic carbocycles. The highest BCUT2D eigenvalue weighted by molar-refractivity contribution is 7.07. The van der Waals surface area contributed by atoms with Gasteiger partial charge in [-0.3, -0.25) is 24.0 Å². The first-order valence-electron chi connectivity index (χ1n) is 9.41. The van der Waals surface area contributed by atoms with Crippen LogP contribution in [0.15, 0.2) is 58.8 Å². The van der Waals surface area contributed by atoms with Crippen LogP contribution in [0.2, 0.25) is 0 Å². The molecule has 0 atom stereocenters. The third-order valence-corrected chi connectivity index (χ3v) is 5.81. The minimum absolute atomic E-state index is 0.00221. The summed E-state index contributed by atoms with van der Waals surface area (Å²) in [4.78, 5) is 33.5. The fourth-order valence-corrected chi connectivity index (χ4v) is 4.13. The molecule has 1 fully saturated rings. The van der Waals surface area contributed by atoms with Gasteiger partial charge in [-0.1, -0.05) is 17.4 Å². The smallest absolute Gasteiger partial charge is 0.308 e. The van der Waals surface area contributed by atoms with Gasteiger partial charge in [0.1, 0.15) is 5.75 Å². The number of hydrogen-bond donors (Lipinski definition) is 0. The van der Waals surface area contributed by atoms with E-state index in [-0.39, 0.29) is 10.8 Å². The molecule has 8 heteroatoms. The first kappa shape index (κ1) is 19.4. The average Bonchev–Trinajstić information content (AvgIpc) is 3.14. The highest BCUT2D eigenvalue weighted by Crippen LogP contribution is 2.19. The molecule has 3 heterocycles. The molecule has 0 spiro atoms. The van der Waals surface area contributed by atoms with Crippen molar-refractivity contribution in [1.29, 1.82) is 0 Å². The molecule has 7 nitrogen and oxygen atoms in total. The normalized spacial score (nSPS) is 14.7. The lowest BCUT2D eigenvalue weighted by molar-refractivity contribution is 0.0594. The predicted octanol–water partition coefficient (Wildman–Crippen LogP) is 2.40. The van der Waals surface area contributed by atoms with Gasteiger partial charge in [-0.15, -0.1) is 0 Å². The van der Waals surface area contributed by atoms with Gasteiger partial charge in [-0.05, 0) is 36.4 Å². The SMILES string of the molecule is COc1ccc(C(=O)N2CCN(Cn3c(-c4ccccn4)csc3=O)CC2)cc1. The Morgan fingerprint density at radius 3 is 2.52 bits per heavy atom. The third-order valence-electron chi connectivity index (χ3n) is 5.05. The van der Waals surface area contributed by atoms with E-state index >= 15 is 0 Å². The summed E-state index contributed by atoms with van der Waals surface area (Å²) in [6, 6.07) is 12.9. The maximum absolute atomic E-state index is 12.7. The maximum Gasteiger partial charge on any atom is 0.308 e. The third kappa shape index (κ3) is 4.23. The van der Waals surface area contributed by atoms with Gasteiger partial charge in [0, 0.05) is 43.3 Å². The van der Waals surface area contributed by atoms with Crippen molar-refractivity contribution in [2.24, 2.45) is 0 Å². The topological polar surface area (TPSA) is 67.7 Å². The van der Waals surface area contributed by atoms with Crippen LogP contribution in [0, 0.1) is 0 Å². The van der Waals surface area contributed by atoms with E-state index in [9.17, 15) is 9.59 Å². The van der Waals surface area contributed by atoms with Crippen LogP contribution in [0.1, 0.15) is 10.4 Å². The second-order valence-corrected chi connectivity index (χ2v) is 7.63. The fourth-order valence-electron chi connectivity index (χ4n) is 3.39. The number of methoxy groups -OCH3 is 1. The van der Waals surface area contributed by atoms with Crippen LogP contribution in [0.5, 0.6) is 5.75 Å². The lowest BCUT2D eigenvalue weighted by atomic mass is 10.1. The van der Waals surface area contributed by atoms with Crippen LogP contribution >= 0.6 is 11.3 Å². The number of benzene rings is 1. The second kappa shape index (κ2) is 8.59. The summed E-state index contributed by atoms with van der Waals surface area (Å²) in [6.45, 7) is 3.18. The number of aromatic nitrogens is 2. The zero-order chi connectivity index (χ0) is 20.2. The van der Waals surface area contributed by atoms with Crippen molar-refractivity contribution in [3.05, 3.63) is 69.3 Å². The number of piperazine rings is 1. The Hall–Kier alpha value is -2.97. The van der Waals surface area contributed by atoms with E-state index < -0.39 is 0 Å². The van der Waals surface area contributed by atoms with Crippen LogP contribution in [-0.4, -0.2) is 58.5 Å². The van der Waals surface area contributed by atoms with Gasteiger partial charge in [0.25, 0.3) is 5.91 Å². The lowest BCUT2D eigenvalue weighted by Gasteiger charge is -2.35. The molecule has 2 aromatic heterocycles. The van der Waals surface area contributed by atoms with Gasteiger partial charge < -0.3 is 9.64 Å². The molecule has 0 radical (unpaired) electrons. The molecule has 1 aliphatic rings. The molecule has 0 unspecified atom stereocenters. The highest BCUT2D eigenvalue weighted by Gasteiger charge is 2.23. The van der Waals surface area contributed by atoms with Gasteiger partial charge in [0.05, 0.1) is 25.2 Å². The number of rotatable bonds is 5. The van der Waals surface area contributed by atoms with E-state index in [1.165, 1.54) is 11.3 Å². The summed E-state index contributed by atoms with van der Waals surface area (Å²) in [5.74, 6) is 0.755. The molecule has 3 aromatic rings. The molecule has 4 rings (SSSR count). The summed E-state index contributed by atoms with van der Waals surface area (Å²) >= 11 is 1.19. The molecule has 150 valence electrons. The van der Waals surface area contributed by atoms with Gasteiger partial charge >= 0.3 is 4.87 Å². The molecule has 1 amide bonds. The van der Waals surface area contributed by atoms with Gasteiger partial charge in [0.2, 0.25) is 0 Å². The Bertz CT molecular complexity index is 1020. The van der Waals surface area contributed by atoms with Crippen molar-refractivity contribution in [1.82, 2.24) is 19.4 Å². The Morgan fingerprint density at radius 1 is 1.10 bits per heavy atom. The average molecular weight is 410 g/mol. The molecule has 0 bridgehead atoms. The monoisotopic (exact) mass is 410 g/mol. The number of carbonyl (C=O) groups is 1. The summed E-state index contributed by atoms with van der Waals surface area (Å²) in [5.41, 5.74) is 2.28. The van der Waals surface area contributed by atoms with Crippen molar-refractivity contribution in [2.45, 2.75) is 6.67 Å². The summed E-state index contributed by atoms with van der Waals surface area (Å²) < 4.78 is 6.90. The van der Waals surface area contributed by atoms with E-state index in [4.69, 9.17) is 4.74 Å². The first-order chi connectivity index (χ1) is 14.2. The molecule has 29 heavy (non-hydrogen) atoms. The van der Waals surface area contributed by atoms with Crippen LogP contribution in [0.4, 0.5) is 0 Å². The standard InChI is InChI=1S/C21H22N4O3S/c1-28-17-7-5-16(6-8-17)20(26)24-12-10-23(11-13-24)15-25-19(14-29-21(25)27)18-4-2-3-9-22-18/h2-9,14H,10-13,15H2,1H3. The van der Waals surface area contributed by atoms with Crippen LogP contribution in [-0.2, 0) is 6.67 Å². The minimum Gasteiger partial charge on any atom is -0.497 e. The van der Waals surface area contributed by atoms with E-state index in [0.29, 0.717) is 38.4 Å². The number of pyridine rings is 1. The zero-order valence-electron chi connectivity index (χ0n) is 16.2. The van der Waals surface area contributed by atoms with Crippen LogP contribution in [0.3, 0.4) is 0 Å². The number of nitrogens with zero attached hydrogens (tertiary/aromatic N) is 4. The van der Waals surface area contributed by atoms with Crippen molar-refractivity contribution >= 4 is 17.2 Å². The van der Waals surface area contributed by atoms with Crippen molar-refractivity contribution in [2.75, 3.05) is 33.3 Å². The summed E-state index contributed by atoms with van der Waals surface area (Å²) in [7, 11) is 1.61. The molecule has 1 aliphatic heterocycles. The molecular formula is C21H22N4O3S. The van der Waals surface area contributed by atoms with E-state index in [0.717, 1.165) is 17.1 Å². The number of hydrogen-bond acceptors (Lipinski definition) is 6. The first-order valence-corrected chi connectivity index (χ1v) is 10.3. The highest BCUT2D eigenvalue weighted by atomic mass is 32.1. The molecular weight excluding hydrogens is 388 g/mol. The van der Waals surface area contributed by atoms with E-state index in [1.54, 1.807) is 42.1 Å². The van der Waals surface area contributed by atoms with Crippen molar-refractivity contribution < 1.29 is 9.53 Å². The van der Waals surface area contributed by atoms with E-state index in [1.807, 2.05) is 28.5 Å². The molecule has 0 saturated carbocycles. The van der Waals surface area contributed by atoms with Gasteiger partial charge in [-0.25, -0.2) is 0 Å². The molecule has 1 aromatic carbocycles. The lowest BCUT2D eigenvalue weighted by Crippen LogP contribution is -2.49. The Morgan fingerprint density at radius 2 is 1.86 bits per heavy atom. The number of thiazole rings is 1. The number of ether oxygens (including phenoxy) is 1. The Kier molecular flexibility index (Phi) is 5.73. The number of carbonyl (C=O) groups excluding carboxylic acids is 1. The van der Waals surface area contributed by atoms with Crippen LogP contribution < -0.4 is 9.61 Å². The summed E-state index contributed by atoms with van der Waals surface area (Å²) in [5, 5.41) is 1.86. The van der Waals surface area contributed by atoms with Crippen molar-refractivity contribution in [3.63, 3.8) is 0 Å². The van der Waals surface area contributed by atoms with Gasteiger partial charge in [0.15, 0.2) is 0 Å². The molecule has 1 saturated heterocycles. The number of amides is 1. The fraction of sp³-hybridized carbons (Fsp3) is 0.286. The quantitative estimate of drug-likeness (QED) is 0.646. The molecule has 0 N–H and O–H groups in total. The summed E-state index contributed by atoms with van der Waals surface area (Å²) in [6.07, 6.45) is 1.73. The Balaban J connectivity index is 1.40. The predicted molar refractivity (Wildman–Crippen MR) is 112 cm³/mol. The maximum atomic E-state index is 12.7.